The van der Waals surface area contributed by atoms with Crippen LogP contribution in [0.5, 0.6) is 0 Å². The van der Waals surface area contributed by atoms with E-state index in [1.165, 1.54) is 83.5 Å². The zero-order valence-corrected chi connectivity index (χ0v) is 21.2. The molecule has 0 fully saturated rings. The van der Waals surface area contributed by atoms with E-state index in [9.17, 15) is 4.79 Å². The molecule has 0 heterocycles. The fourth-order valence-corrected chi connectivity index (χ4v) is 4.89. The van der Waals surface area contributed by atoms with Crippen molar-refractivity contribution in [1.82, 2.24) is 0 Å². The van der Waals surface area contributed by atoms with E-state index in [1.54, 1.807) is 0 Å². The van der Waals surface area contributed by atoms with Crippen LogP contribution in [0.1, 0.15) is 123 Å². The molecule has 168 valence electrons. The van der Waals surface area contributed by atoms with Crippen molar-refractivity contribution in [2.75, 3.05) is 17.7 Å². The predicted molar refractivity (Wildman–Crippen MR) is 131 cm³/mol. The monoisotopic (exact) mass is 478 g/mol. The third-order valence-electron chi connectivity index (χ3n) is 5.17. The van der Waals surface area contributed by atoms with Gasteiger partial charge >= 0.3 is 5.97 Å². The number of esters is 1. The van der Waals surface area contributed by atoms with Crippen LogP contribution < -0.4 is 0 Å². The maximum atomic E-state index is 12.5. The Morgan fingerprint density at radius 1 is 0.750 bits per heavy atom. The van der Waals surface area contributed by atoms with Crippen LogP contribution in [0.15, 0.2) is 0 Å². The molecule has 0 amide bonds. The first-order chi connectivity index (χ1) is 13.8. The van der Waals surface area contributed by atoms with Gasteiger partial charge in [0.1, 0.15) is 5.25 Å². The van der Waals surface area contributed by atoms with Gasteiger partial charge in [-0.2, -0.15) is 0 Å². The van der Waals surface area contributed by atoms with Crippen LogP contribution >= 0.6 is 27.7 Å². The highest BCUT2D eigenvalue weighted by Gasteiger charge is 2.19. The Hall–Kier alpha value is 0.300. The van der Waals surface area contributed by atoms with E-state index in [0.29, 0.717) is 6.61 Å². The number of carbonyl (C=O) groups is 1. The summed E-state index contributed by atoms with van der Waals surface area (Å²) in [4.78, 5) is 12.5. The Kier molecular flexibility index (Phi) is 23.8. The number of thioether (sulfide) groups is 1. The molecule has 2 nitrogen and oxygen atoms in total. The molecule has 0 saturated heterocycles. The van der Waals surface area contributed by atoms with E-state index >= 15 is 0 Å². The van der Waals surface area contributed by atoms with Crippen molar-refractivity contribution in [2.24, 2.45) is 0 Å². The van der Waals surface area contributed by atoms with Gasteiger partial charge in [-0.1, -0.05) is 113 Å². The smallest absolute Gasteiger partial charge is 0.319 e. The quantitative estimate of drug-likeness (QED) is 0.0882. The van der Waals surface area contributed by atoms with Gasteiger partial charge in [-0.25, -0.2) is 0 Å². The molecule has 0 aromatic heterocycles. The van der Waals surface area contributed by atoms with Gasteiger partial charge in [0.25, 0.3) is 0 Å². The number of unbranched alkanes of at least 4 members (excludes halogenated alkanes) is 13. The number of halogens is 1. The lowest BCUT2D eigenvalue weighted by Crippen LogP contribution is -2.21. The van der Waals surface area contributed by atoms with E-state index in [0.717, 1.165) is 36.8 Å². The minimum atomic E-state index is 0.0431. The van der Waals surface area contributed by atoms with Crippen LogP contribution in [-0.4, -0.2) is 28.9 Å². The Bertz CT molecular complexity index is 326. The van der Waals surface area contributed by atoms with Crippen molar-refractivity contribution < 1.29 is 9.53 Å². The summed E-state index contributed by atoms with van der Waals surface area (Å²) in [6, 6.07) is 0. The Labute approximate surface area is 188 Å². The highest BCUT2D eigenvalue weighted by Crippen LogP contribution is 2.22. The number of carbonyl (C=O) groups excluding carboxylic acids is 1. The highest BCUT2D eigenvalue weighted by molar-refractivity contribution is 9.09. The second-order valence-corrected chi connectivity index (χ2v) is 10.1. The standard InChI is InChI=1S/C24H47BrO2S/c1-3-5-7-9-10-11-14-18-22-28-23(19-15-8-6-4-2)24(26)27-21-17-13-12-16-20-25/h23H,3-22H2,1-2H3. The number of rotatable bonds is 22. The molecule has 0 aliphatic heterocycles. The first kappa shape index (κ1) is 28.3. The number of ether oxygens (including phenoxy) is 1. The molecule has 28 heavy (non-hydrogen) atoms. The summed E-state index contributed by atoms with van der Waals surface area (Å²) >= 11 is 5.31. The van der Waals surface area contributed by atoms with Crippen molar-refractivity contribution in [3.8, 4) is 0 Å². The van der Waals surface area contributed by atoms with Gasteiger partial charge in [0, 0.05) is 5.33 Å². The van der Waals surface area contributed by atoms with Crippen molar-refractivity contribution in [2.45, 2.75) is 128 Å². The number of alkyl halides is 1. The van der Waals surface area contributed by atoms with E-state index in [2.05, 4.69) is 29.8 Å². The van der Waals surface area contributed by atoms with Gasteiger partial charge in [0.05, 0.1) is 6.61 Å². The van der Waals surface area contributed by atoms with Crippen molar-refractivity contribution in [3.05, 3.63) is 0 Å². The third-order valence-corrected chi connectivity index (χ3v) is 7.09. The summed E-state index contributed by atoms with van der Waals surface area (Å²) in [5, 5.41) is 1.13. The molecule has 0 aromatic rings. The molecule has 4 heteroatoms. The van der Waals surface area contributed by atoms with Crippen LogP contribution in [0.2, 0.25) is 0 Å². The van der Waals surface area contributed by atoms with Crippen LogP contribution in [0, 0.1) is 0 Å². The largest absolute Gasteiger partial charge is 0.465 e. The lowest BCUT2D eigenvalue weighted by Gasteiger charge is -2.16. The highest BCUT2D eigenvalue weighted by atomic mass is 79.9. The van der Waals surface area contributed by atoms with E-state index in [4.69, 9.17) is 4.74 Å². The van der Waals surface area contributed by atoms with E-state index < -0.39 is 0 Å². The summed E-state index contributed by atoms with van der Waals surface area (Å²) in [5.41, 5.74) is 0. The topological polar surface area (TPSA) is 26.3 Å². The fraction of sp³-hybridized carbons (Fsp3) is 0.958. The molecule has 0 aromatic carbocycles. The number of hydrogen-bond donors (Lipinski definition) is 0. The molecule has 0 rings (SSSR count). The Balaban J connectivity index is 3.92. The summed E-state index contributed by atoms with van der Waals surface area (Å²) in [6.45, 7) is 5.11. The molecule has 0 bridgehead atoms. The maximum absolute atomic E-state index is 12.5. The SMILES string of the molecule is CCCCCCCCCCSC(CCCCCC)C(=O)OCCCCCCBr. The van der Waals surface area contributed by atoms with E-state index in [1.807, 2.05) is 11.8 Å². The van der Waals surface area contributed by atoms with Gasteiger partial charge in [0.2, 0.25) is 0 Å². The fourth-order valence-electron chi connectivity index (χ4n) is 3.30. The molecule has 0 N–H and O–H groups in total. The van der Waals surface area contributed by atoms with Crippen molar-refractivity contribution in [3.63, 3.8) is 0 Å². The minimum Gasteiger partial charge on any atom is -0.465 e. The third kappa shape index (κ3) is 19.6. The average molecular weight is 480 g/mol. The van der Waals surface area contributed by atoms with Crippen LogP contribution in [-0.2, 0) is 9.53 Å². The van der Waals surface area contributed by atoms with Gasteiger partial charge in [-0.15, -0.1) is 11.8 Å². The van der Waals surface area contributed by atoms with Crippen molar-refractivity contribution >= 4 is 33.7 Å². The summed E-state index contributed by atoms with van der Waals surface area (Å²) in [5.74, 6) is 1.15. The molecule has 0 spiro atoms. The average Bonchev–Trinajstić information content (AvgIpc) is 2.70. The maximum Gasteiger partial charge on any atom is 0.319 e. The lowest BCUT2D eigenvalue weighted by atomic mass is 10.1. The van der Waals surface area contributed by atoms with E-state index in [-0.39, 0.29) is 11.2 Å². The molecule has 0 radical (unpaired) electrons. The Morgan fingerprint density at radius 2 is 1.29 bits per heavy atom. The zero-order valence-electron chi connectivity index (χ0n) is 18.8. The van der Waals surface area contributed by atoms with Crippen LogP contribution in [0.3, 0.4) is 0 Å². The van der Waals surface area contributed by atoms with Gasteiger partial charge < -0.3 is 4.74 Å². The van der Waals surface area contributed by atoms with Crippen LogP contribution in [0.25, 0.3) is 0 Å². The summed E-state index contributed by atoms with van der Waals surface area (Å²) < 4.78 is 5.60. The van der Waals surface area contributed by atoms with Gasteiger partial charge in [-0.05, 0) is 31.4 Å². The summed E-state index contributed by atoms with van der Waals surface area (Å²) in [7, 11) is 0. The van der Waals surface area contributed by atoms with Crippen molar-refractivity contribution in [1.29, 1.82) is 0 Å². The zero-order chi connectivity index (χ0) is 20.7. The molecule has 0 aliphatic rings. The molecular formula is C24H47BrO2S. The second-order valence-electron chi connectivity index (χ2n) is 7.95. The normalized spacial score (nSPS) is 12.2. The second kappa shape index (κ2) is 23.6. The molecular weight excluding hydrogens is 432 g/mol. The van der Waals surface area contributed by atoms with Crippen LogP contribution in [0.4, 0.5) is 0 Å². The number of hydrogen-bond acceptors (Lipinski definition) is 3. The minimum absolute atomic E-state index is 0.0431. The molecule has 1 unspecified atom stereocenters. The Morgan fingerprint density at radius 3 is 1.93 bits per heavy atom. The molecule has 0 aliphatic carbocycles. The predicted octanol–water partition coefficient (Wildman–Crippen LogP) is 8.70. The first-order valence-electron chi connectivity index (χ1n) is 12.1. The summed E-state index contributed by atoms with van der Waals surface area (Å²) in [6.07, 6.45) is 21.3. The molecule has 0 saturated carbocycles. The first-order valence-corrected chi connectivity index (χ1v) is 14.3. The lowest BCUT2D eigenvalue weighted by molar-refractivity contribution is -0.143. The van der Waals surface area contributed by atoms with Gasteiger partial charge in [0.15, 0.2) is 0 Å². The van der Waals surface area contributed by atoms with Gasteiger partial charge in [-0.3, -0.25) is 4.79 Å². The molecule has 1 atom stereocenters.